The van der Waals surface area contributed by atoms with E-state index < -0.39 is 0 Å². The van der Waals surface area contributed by atoms with E-state index in [1.165, 1.54) is 12.8 Å². The molecular formula is C19H22N6O2. The molecule has 0 bridgehead atoms. The topological polar surface area (TPSA) is 118 Å². The molecule has 3 aromatic rings. The first-order valence-corrected chi connectivity index (χ1v) is 8.64. The number of aromatic nitrogens is 3. The molecule has 140 valence electrons. The van der Waals surface area contributed by atoms with Crippen molar-refractivity contribution >= 4 is 29.6 Å². The summed E-state index contributed by atoms with van der Waals surface area (Å²) in [5.41, 5.74) is 9.40. The number of nitrogen functional groups attached to an aromatic ring is 1. The first-order valence-electron chi connectivity index (χ1n) is 8.64. The summed E-state index contributed by atoms with van der Waals surface area (Å²) in [5.74, 6) is 1.19. The molecule has 0 spiro atoms. The van der Waals surface area contributed by atoms with Crippen molar-refractivity contribution in [3.8, 4) is 5.75 Å². The van der Waals surface area contributed by atoms with E-state index in [9.17, 15) is 4.79 Å². The molecule has 1 aromatic carbocycles. The number of nitrogens with one attached hydrogen (secondary N) is 2. The van der Waals surface area contributed by atoms with Crippen molar-refractivity contribution in [1.29, 1.82) is 5.41 Å². The third-order valence-electron chi connectivity index (χ3n) is 4.18. The molecule has 0 radical (unpaired) electrons. The van der Waals surface area contributed by atoms with Crippen LogP contribution in [0.25, 0.3) is 5.65 Å². The Morgan fingerprint density at radius 2 is 2.26 bits per heavy atom. The Bertz CT molecular complexity index is 949. The fourth-order valence-electron chi connectivity index (χ4n) is 2.47. The minimum atomic E-state index is 0.474. The fraction of sp³-hybridized carbons (Fsp3) is 0.263. The summed E-state index contributed by atoms with van der Waals surface area (Å²) >= 11 is 0. The second-order valence-corrected chi connectivity index (χ2v) is 6.35. The predicted octanol–water partition coefficient (Wildman–Crippen LogP) is 2.66. The van der Waals surface area contributed by atoms with Gasteiger partial charge in [-0.15, -0.1) is 0 Å². The molecule has 0 atom stereocenters. The molecule has 8 nitrogen and oxygen atoms in total. The van der Waals surface area contributed by atoms with E-state index in [0.29, 0.717) is 41.6 Å². The van der Waals surface area contributed by atoms with Crippen LogP contribution >= 0.6 is 0 Å². The molecule has 2 heterocycles. The maximum absolute atomic E-state index is 10.5. The van der Waals surface area contributed by atoms with E-state index in [-0.39, 0.29) is 0 Å². The second kappa shape index (κ2) is 8.31. The highest BCUT2D eigenvalue weighted by molar-refractivity contribution is 5.90. The predicted molar refractivity (Wildman–Crippen MR) is 104 cm³/mol. The van der Waals surface area contributed by atoms with Crippen LogP contribution in [-0.4, -0.2) is 33.8 Å². The quantitative estimate of drug-likeness (QED) is 0.352. The minimum absolute atomic E-state index is 0.474. The van der Waals surface area contributed by atoms with Crippen molar-refractivity contribution < 1.29 is 9.53 Å². The maximum atomic E-state index is 10.5. The standard InChI is InChI=1S/C12H15N3O2.C7H7N3/c13-5-9-3-11(15-7-16)12(4-10(9)14)17-6-8-1-2-8;1-6-5-9-10-4-2-3-8-7(6)10/h3-5,7-8,13H,1-2,6,14H2,(H,15,16);2-5H,1H3. The van der Waals surface area contributed by atoms with Crippen molar-refractivity contribution in [2.75, 3.05) is 17.7 Å². The summed E-state index contributed by atoms with van der Waals surface area (Å²) in [6, 6.07) is 5.15. The van der Waals surface area contributed by atoms with Gasteiger partial charge in [-0.05, 0) is 37.8 Å². The van der Waals surface area contributed by atoms with E-state index in [1.54, 1.807) is 22.8 Å². The molecule has 0 aliphatic heterocycles. The number of aryl methyl sites for hydroxylation is 1. The number of hydrogen-bond acceptors (Lipinski definition) is 6. The van der Waals surface area contributed by atoms with Crippen LogP contribution in [-0.2, 0) is 4.79 Å². The van der Waals surface area contributed by atoms with Gasteiger partial charge in [-0.3, -0.25) is 4.79 Å². The summed E-state index contributed by atoms with van der Waals surface area (Å²) < 4.78 is 7.38. The van der Waals surface area contributed by atoms with Gasteiger partial charge in [0, 0.05) is 41.5 Å². The summed E-state index contributed by atoms with van der Waals surface area (Å²) in [6.07, 6.45) is 9.59. The van der Waals surface area contributed by atoms with Crippen LogP contribution < -0.4 is 15.8 Å². The first-order chi connectivity index (χ1) is 13.1. The second-order valence-electron chi connectivity index (χ2n) is 6.35. The van der Waals surface area contributed by atoms with E-state index >= 15 is 0 Å². The average molecular weight is 366 g/mol. The van der Waals surface area contributed by atoms with Crippen LogP contribution in [0.2, 0.25) is 0 Å². The lowest BCUT2D eigenvalue weighted by Crippen LogP contribution is -2.05. The van der Waals surface area contributed by atoms with Crippen LogP contribution in [0, 0.1) is 18.3 Å². The number of carbonyl (C=O) groups excluding carboxylic acids is 1. The monoisotopic (exact) mass is 366 g/mol. The zero-order valence-corrected chi connectivity index (χ0v) is 15.1. The molecule has 4 rings (SSSR count). The number of nitrogens with two attached hydrogens (primary N) is 1. The Hall–Kier alpha value is -3.42. The third kappa shape index (κ3) is 4.60. The number of ether oxygens (including phenoxy) is 1. The highest BCUT2D eigenvalue weighted by atomic mass is 16.5. The molecule has 0 saturated heterocycles. The van der Waals surface area contributed by atoms with Gasteiger partial charge in [0.15, 0.2) is 5.65 Å². The number of nitrogens with zero attached hydrogens (tertiary/aromatic N) is 3. The molecule has 4 N–H and O–H groups in total. The van der Waals surface area contributed by atoms with Gasteiger partial charge in [-0.2, -0.15) is 5.10 Å². The number of benzene rings is 1. The number of rotatable bonds is 6. The zero-order chi connectivity index (χ0) is 19.2. The van der Waals surface area contributed by atoms with Gasteiger partial charge in [0.1, 0.15) is 5.75 Å². The Balaban J connectivity index is 0.000000177. The van der Waals surface area contributed by atoms with Crippen LogP contribution in [0.4, 0.5) is 11.4 Å². The van der Waals surface area contributed by atoms with Gasteiger partial charge in [-0.1, -0.05) is 0 Å². The van der Waals surface area contributed by atoms with Crippen LogP contribution in [0.3, 0.4) is 0 Å². The largest absolute Gasteiger partial charge is 0.491 e. The summed E-state index contributed by atoms with van der Waals surface area (Å²) in [4.78, 5) is 14.6. The number of carbonyl (C=O) groups is 1. The maximum Gasteiger partial charge on any atom is 0.211 e. The summed E-state index contributed by atoms with van der Waals surface area (Å²) in [7, 11) is 0. The van der Waals surface area contributed by atoms with Crippen molar-refractivity contribution in [3.05, 3.63) is 47.9 Å². The van der Waals surface area contributed by atoms with E-state index in [1.807, 2.05) is 25.4 Å². The molecular weight excluding hydrogens is 344 g/mol. The van der Waals surface area contributed by atoms with Crippen LogP contribution in [0.1, 0.15) is 24.0 Å². The van der Waals surface area contributed by atoms with Gasteiger partial charge in [0.05, 0.1) is 18.5 Å². The Kier molecular flexibility index (Phi) is 5.65. The van der Waals surface area contributed by atoms with Gasteiger partial charge in [0.2, 0.25) is 6.41 Å². The number of anilines is 2. The lowest BCUT2D eigenvalue weighted by molar-refractivity contribution is -0.105. The molecule has 1 saturated carbocycles. The summed E-state index contributed by atoms with van der Waals surface area (Å²) in [6.45, 7) is 2.65. The Morgan fingerprint density at radius 1 is 1.44 bits per heavy atom. The molecule has 2 aromatic heterocycles. The molecule has 8 heteroatoms. The van der Waals surface area contributed by atoms with Crippen molar-refractivity contribution in [2.45, 2.75) is 19.8 Å². The van der Waals surface area contributed by atoms with Gasteiger partial charge in [0.25, 0.3) is 0 Å². The first kappa shape index (κ1) is 18.4. The lowest BCUT2D eigenvalue weighted by atomic mass is 10.1. The van der Waals surface area contributed by atoms with E-state index in [4.69, 9.17) is 15.9 Å². The SMILES string of the molecule is Cc1cnn2cccnc12.N=Cc1cc(NC=O)c(OCC2CC2)cc1N. The minimum Gasteiger partial charge on any atom is -0.491 e. The van der Waals surface area contributed by atoms with Crippen molar-refractivity contribution in [3.63, 3.8) is 0 Å². The third-order valence-corrected chi connectivity index (χ3v) is 4.18. The van der Waals surface area contributed by atoms with Crippen LogP contribution in [0.15, 0.2) is 36.8 Å². The summed E-state index contributed by atoms with van der Waals surface area (Å²) in [5, 5.41) is 13.8. The highest BCUT2D eigenvalue weighted by Gasteiger charge is 2.22. The van der Waals surface area contributed by atoms with E-state index in [0.717, 1.165) is 17.4 Å². The van der Waals surface area contributed by atoms with Crippen molar-refractivity contribution in [2.24, 2.45) is 5.92 Å². The average Bonchev–Trinajstić information content (AvgIpc) is 3.44. The zero-order valence-electron chi connectivity index (χ0n) is 15.1. The molecule has 1 amide bonds. The normalized spacial score (nSPS) is 12.8. The van der Waals surface area contributed by atoms with Crippen molar-refractivity contribution in [1.82, 2.24) is 14.6 Å². The Morgan fingerprint density at radius 3 is 2.93 bits per heavy atom. The Labute approximate surface area is 156 Å². The molecule has 1 aliphatic rings. The van der Waals surface area contributed by atoms with Crippen LogP contribution in [0.5, 0.6) is 5.75 Å². The number of amides is 1. The smallest absolute Gasteiger partial charge is 0.211 e. The van der Waals surface area contributed by atoms with Gasteiger partial charge in [-0.25, -0.2) is 9.50 Å². The fourth-order valence-corrected chi connectivity index (χ4v) is 2.47. The molecule has 1 fully saturated rings. The molecule has 1 aliphatic carbocycles. The molecule has 0 unspecified atom stereocenters. The lowest BCUT2D eigenvalue weighted by Gasteiger charge is -2.12. The highest BCUT2D eigenvalue weighted by Crippen LogP contribution is 2.33. The van der Waals surface area contributed by atoms with Gasteiger partial charge < -0.3 is 21.2 Å². The molecule has 27 heavy (non-hydrogen) atoms. The van der Waals surface area contributed by atoms with E-state index in [2.05, 4.69) is 15.4 Å². The van der Waals surface area contributed by atoms with Gasteiger partial charge >= 0.3 is 0 Å². The number of hydrogen-bond donors (Lipinski definition) is 3. The number of fused-ring (bicyclic) bond motifs is 1.